The molecular formula is C16H16BrNO. The first kappa shape index (κ1) is 12.7. The van der Waals surface area contributed by atoms with Gasteiger partial charge in [0.25, 0.3) is 0 Å². The summed E-state index contributed by atoms with van der Waals surface area (Å²) in [4.78, 5) is 0. The maximum atomic E-state index is 5.85. The summed E-state index contributed by atoms with van der Waals surface area (Å²) < 4.78 is 6.85. The molecular weight excluding hydrogens is 302 g/mol. The summed E-state index contributed by atoms with van der Waals surface area (Å²) in [6, 6.07) is 14.6. The van der Waals surface area contributed by atoms with E-state index in [-0.39, 0.29) is 0 Å². The molecule has 2 aromatic rings. The van der Waals surface area contributed by atoms with Crippen molar-refractivity contribution in [3.8, 4) is 5.75 Å². The van der Waals surface area contributed by atoms with E-state index < -0.39 is 0 Å². The fourth-order valence-corrected chi connectivity index (χ4v) is 2.74. The van der Waals surface area contributed by atoms with Crippen LogP contribution in [-0.4, -0.2) is 6.54 Å². The van der Waals surface area contributed by atoms with Crippen molar-refractivity contribution < 1.29 is 4.74 Å². The molecule has 0 unspecified atom stereocenters. The van der Waals surface area contributed by atoms with Crippen LogP contribution in [0.25, 0.3) is 0 Å². The van der Waals surface area contributed by atoms with Gasteiger partial charge in [-0.05, 0) is 57.7 Å². The third kappa shape index (κ3) is 2.99. The van der Waals surface area contributed by atoms with Crippen molar-refractivity contribution in [1.82, 2.24) is 5.32 Å². The van der Waals surface area contributed by atoms with Crippen molar-refractivity contribution in [2.24, 2.45) is 0 Å². The molecule has 0 amide bonds. The van der Waals surface area contributed by atoms with Gasteiger partial charge in [-0.2, -0.15) is 0 Å². The van der Waals surface area contributed by atoms with Crippen LogP contribution in [0.3, 0.4) is 0 Å². The molecule has 0 saturated carbocycles. The monoisotopic (exact) mass is 317 g/mol. The van der Waals surface area contributed by atoms with E-state index in [1.165, 1.54) is 16.7 Å². The molecule has 0 bridgehead atoms. The second kappa shape index (κ2) is 5.76. The fraction of sp³-hybridized carbons (Fsp3) is 0.250. The van der Waals surface area contributed by atoms with E-state index in [9.17, 15) is 0 Å². The molecule has 1 heterocycles. The average Bonchev–Trinajstić information content (AvgIpc) is 2.46. The standard InChI is InChI=1S/C16H16BrNO/c17-15-3-1-2-4-16(15)19-11-12-5-6-14-10-18-8-7-13(14)9-12/h1-6,9,18H,7-8,10-11H2. The Labute approximate surface area is 121 Å². The topological polar surface area (TPSA) is 21.3 Å². The zero-order valence-corrected chi connectivity index (χ0v) is 12.2. The van der Waals surface area contributed by atoms with E-state index >= 15 is 0 Å². The van der Waals surface area contributed by atoms with Gasteiger partial charge in [0.05, 0.1) is 4.47 Å². The van der Waals surface area contributed by atoms with E-state index in [2.05, 4.69) is 39.4 Å². The van der Waals surface area contributed by atoms with Crippen LogP contribution in [0.4, 0.5) is 0 Å². The average molecular weight is 318 g/mol. The molecule has 0 aromatic heterocycles. The third-order valence-corrected chi connectivity index (χ3v) is 4.04. The number of halogens is 1. The smallest absolute Gasteiger partial charge is 0.133 e. The molecule has 2 nitrogen and oxygen atoms in total. The maximum absolute atomic E-state index is 5.85. The normalized spacial score (nSPS) is 13.9. The molecule has 98 valence electrons. The highest BCUT2D eigenvalue weighted by Crippen LogP contribution is 2.25. The Balaban J connectivity index is 1.72. The van der Waals surface area contributed by atoms with Crippen molar-refractivity contribution >= 4 is 15.9 Å². The quantitative estimate of drug-likeness (QED) is 0.932. The first-order valence-electron chi connectivity index (χ1n) is 6.51. The Bertz CT molecular complexity index is 583. The molecule has 0 atom stereocenters. The highest BCUT2D eigenvalue weighted by atomic mass is 79.9. The summed E-state index contributed by atoms with van der Waals surface area (Å²) in [6.07, 6.45) is 1.11. The second-order valence-electron chi connectivity index (χ2n) is 4.75. The molecule has 0 fully saturated rings. The first-order valence-corrected chi connectivity index (χ1v) is 7.31. The van der Waals surface area contributed by atoms with Crippen molar-refractivity contribution in [3.63, 3.8) is 0 Å². The predicted octanol–water partition coefficient (Wildman–Crippen LogP) is 3.67. The lowest BCUT2D eigenvalue weighted by Crippen LogP contribution is -2.23. The number of fused-ring (bicyclic) bond motifs is 1. The predicted molar refractivity (Wildman–Crippen MR) is 80.3 cm³/mol. The minimum atomic E-state index is 0.614. The van der Waals surface area contributed by atoms with Crippen molar-refractivity contribution in [2.75, 3.05) is 6.54 Å². The third-order valence-electron chi connectivity index (χ3n) is 3.39. The number of para-hydroxylation sites is 1. The van der Waals surface area contributed by atoms with Crippen LogP contribution in [0, 0.1) is 0 Å². The summed E-state index contributed by atoms with van der Waals surface area (Å²) in [6.45, 7) is 2.67. The zero-order chi connectivity index (χ0) is 13.1. The lowest BCUT2D eigenvalue weighted by atomic mass is 9.99. The summed E-state index contributed by atoms with van der Waals surface area (Å²) in [7, 11) is 0. The molecule has 0 radical (unpaired) electrons. The Morgan fingerprint density at radius 3 is 2.89 bits per heavy atom. The van der Waals surface area contributed by atoms with Gasteiger partial charge in [0.1, 0.15) is 12.4 Å². The van der Waals surface area contributed by atoms with Gasteiger partial charge in [-0.25, -0.2) is 0 Å². The van der Waals surface area contributed by atoms with Gasteiger partial charge in [-0.3, -0.25) is 0 Å². The van der Waals surface area contributed by atoms with Crippen LogP contribution in [0.1, 0.15) is 16.7 Å². The van der Waals surface area contributed by atoms with Crippen molar-refractivity contribution in [1.29, 1.82) is 0 Å². The molecule has 1 aliphatic heterocycles. The lowest BCUT2D eigenvalue weighted by molar-refractivity contribution is 0.304. The van der Waals surface area contributed by atoms with Crippen LogP contribution in [0.2, 0.25) is 0 Å². The van der Waals surface area contributed by atoms with Crippen LogP contribution in [-0.2, 0) is 19.6 Å². The number of benzene rings is 2. The van der Waals surface area contributed by atoms with E-state index in [0.29, 0.717) is 6.61 Å². The largest absolute Gasteiger partial charge is 0.488 e. The highest BCUT2D eigenvalue weighted by molar-refractivity contribution is 9.10. The molecule has 0 aliphatic carbocycles. The van der Waals surface area contributed by atoms with E-state index in [1.54, 1.807) is 0 Å². The van der Waals surface area contributed by atoms with Gasteiger partial charge < -0.3 is 10.1 Å². The van der Waals surface area contributed by atoms with Crippen LogP contribution in [0.5, 0.6) is 5.75 Å². The molecule has 19 heavy (non-hydrogen) atoms. The second-order valence-corrected chi connectivity index (χ2v) is 5.60. The molecule has 3 rings (SSSR count). The van der Waals surface area contributed by atoms with E-state index in [4.69, 9.17) is 4.74 Å². The summed E-state index contributed by atoms with van der Waals surface area (Å²) >= 11 is 3.50. The molecule has 0 saturated heterocycles. The molecule has 1 N–H and O–H groups in total. The number of rotatable bonds is 3. The Hall–Kier alpha value is -1.32. The van der Waals surface area contributed by atoms with Gasteiger partial charge in [0, 0.05) is 6.54 Å². The summed E-state index contributed by atoms with van der Waals surface area (Å²) in [5, 5.41) is 3.39. The number of hydrogen-bond acceptors (Lipinski definition) is 2. The summed E-state index contributed by atoms with van der Waals surface area (Å²) in [5.74, 6) is 0.891. The van der Waals surface area contributed by atoms with Gasteiger partial charge in [0.2, 0.25) is 0 Å². The van der Waals surface area contributed by atoms with Gasteiger partial charge >= 0.3 is 0 Å². The van der Waals surface area contributed by atoms with E-state index in [0.717, 1.165) is 29.7 Å². The van der Waals surface area contributed by atoms with Gasteiger partial charge in [-0.15, -0.1) is 0 Å². The van der Waals surface area contributed by atoms with Gasteiger partial charge in [-0.1, -0.05) is 30.3 Å². The minimum Gasteiger partial charge on any atom is -0.488 e. The highest BCUT2D eigenvalue weighted by Gasteiger charge is 2.09. The molecule has 1 aliphatic rings. The maximum Gasteiger partial charge on any atom is 0.133 e. The van der Waals surface area contributed by atoms with Crippen LogP contribution < -0.4 is 10.1 Å². The number of hydrogen-bond donors (Lipinski definition) is 1. The van der Waals surface area contributed by atoms with Crippen LogP contribution >= 0.6 is 15.9 Å². The Morgan fingerprint density at radius 1 is 1.11 bits per heavy atom. The van der Waals surface area contributed by atoms with Crippen molar-refractivity contribution in [3.05, 3.63) is 63.6 Å². The molecule has 0 spiro atoms. The number of ether oxygens (including phenoxy) is 1. The first-order chi connectivity index (χ1) is 9.33. The fourth-order valence-electron chi connectivity index (χ4n) is 2.34. The number of nitrogens with one attached hydrogen (secondary N) is 1. The van der Waals surface area contributed by atoms with E-state index in [1.807, 2.05) is 24.3 Å². The zero-order valence-electron chi connectivity index (χ0n) is 10.7. The lowest BCUT2D eigenvalue weighted by Gasteiger charge is -2.18. The SMILES string of the molecule is Brc1ccccc1OCc1ccc2c(c1)CCNC2. The Kier molecular flexibility index (Phi) is 3.85. The molecule has 2 aromatic carbocycles. The Morgan fingerprint density at radius 2 is 2.00 bits per heavy atom. The summed E-state index contributed by atoms with van der Waals surface area (Å²) in [5.41, 5.74) is 4.10. The minimum absolute atomic E-state index is 0.614. The molecule has 3 heteroatoms. The van der Waals surface area contributed by atoms with Crippen LogP contribution in [0.15, 0.2) is 46.9 Å². The van der Waals surface area contributed by atoms with Gasteiger partial charge in [0.15, 0.2) is 0 Å². The van der Waals surface area contributed by atoms with Crippen molar-refractivity contribution in [2.45, 2.75) is 19.6 Å².